The van der Waals surface area contributed by atoms with Crippen molar-refractivity contribution in [2.45, 2.75) is 34.1 Å². The van der Waals surface area contributed by atoms with Crippen LogP contribution in [0.4, 0.5) is 11.4 Å². The number of fused-ring (bicyclic) bond motifs is 3. The number of benzene rings is 1. The first-order chi connectivity index (χ1) is 10.3. The standard InChI is InChI=1S/C17H20N4O/c1-11(22)21-16-12-7-5-6-8-13(12)18-10-14(16)19-15(20-21)9-17(2,3)4/h5-8,10H,9H2,1-4H3,(H,19,20). The van der Waals surface area contributed by atoms with Crippen molar-refractivity contribution in [1.29, 1.82) is 0 Å². The van der Waals surface area contributed by atoms with Gasteiger partial charge >= 0.3 is 0 Å². The zero-order valence-electron chi connectivity index (χ0n) is 13.3. The minimum atomic E-state index is -0.0705. The Morgan fingerprint density at radius 3 is 2.68 bits per heavy atom. The fourth-order valence-electron chi connectivity index (χ4n) is 2.61. The van der Waals surface area contributed by atoms with E-state index in [1.807, 2.05) is 24.3 Å². The quantitative estimate of drug-likeness (QED) is 0.875. The number of nitrogens with one attached hydrogen (secondary N) is 1. The van der Waals surface area contributed by atoms with Gasteiger partial charge in [-0.3, -0.25) is 15.2 Å². The number of nitrogens with zero attached hydrogens (tertiary/aromatic N) is 3. The second-order valence-corrected chi connectivity index (χ2v) is 6.77. The summed E-state index contributed by atoms with van der Waals surface area (Å²) in [5.41, 5.74) is 5.60. The summed E-state index contributed by atoms with van der Waals surface area (Å²) in [4.78, 5) is 21.2. The molecule has 5 heteroatoms. The van der Waals surface area contributed by atoms with Gasteiger partial charge in [0.1, 0.15) is 17.2 Å². The zero-order chi connectivity index (χ0) is 15.9. The van der Waals surface area contributed by atoms with Crippen molar-refractivity contribution < 1.29 is 4.79 Å². The van der Waals surface area contributed by atoms with Crippen LogP contribution >= 0.6 is 0 Å². The lowest BCUT2D eigenvalue weighted by Gasteiger charge is -2.32. The predicted molar refractivity (Wildman–Crippen MR) is 89.2 cm³/mol. The number of hydrazine groups is 1. The van der Waals surface area contributed by atoms with E-state index >= 15 is 0 Å². The molecule has 0 unspecified atom stereocenters. The molecule has 114 valence electrons. The Kier molecular flexibility index (Phi) is 3.35. The highest BCUT2D eigenvalue weighted by Gasteiger charge is 2.26. The molecule has 2 aromatic rings. The summed E-state index contributed by atoms with van der Waals surface area (Å²) in [6, 6.07) is 7.77. The van der Waals surface area contributed by atoms with E-state index in [1.54, 1.807) is 18.1 Å². The van der Waals surface area contributed by atoms with E-state index in [4.69, 9.17) is 0 Å². The summed E-state index contributed by atoms with van der Waals surface area (Å²) < 4.78 is 0. The van der Waals surface area contributed by atoms with Gasteiger partial charge in [-0.2, -0.15) is 0 Å². The molecule has 2 heterocycles. The molecule has 1 amide bonds. The number of anilines is 1. The summed E-state index contributed by atoms with van der Waals surface area (Å²) in [5.74, 6) is 0.714. The number of aliphatic imine (C=N–C) groups is 1. The largest absolute Gasteiger partial charge is 0.278 e. The van der Waals surface area contributed by atoms with Gasteiger partial charge in [-0.25, -0.2) is 10.0 Å². The van der Waals surface area contributed by atoms with Crippen LogP contribution in [0, 0.1) is 5.41 Å². The van der Waals surface area contributed by atoms with E-state index < -0.39 is 0 Å². The molecule has 1 aliphatic rings. The lowest BCUT2D eigenvalue weighted by atomic mass is 9.91. The van der Waals surface area contributed by atoms with Gasteiger partial charge in [0, 0.05) is 18.7 Å². The molecule has 0 saturated carbocycles. The Morgan fingerprint density at radius 1 is 1.27 bits per heavy atom. The van der Waals surface area contributed by atoms with Gasteiger partial charge < -0.3 is 0 Å². The Hall–Kier alpha value is -2.43. The zero-order valence-corrected chi connectivity index (χ0v) is 13.3. The highest BCUT2D eigenvalue weighted by Crippen LogP contribution is 2.37. The van der Waals surface area contributed by atoms with Crippen LogP contribution in [0.25, 0.3) is 10.9 Å². The number of carbonyl (C=O) groups is 1. The molecule has 0 saturated heterocycles. The monoisotopic (exact) mass is 296 g/mol. The molecule has 1 aromatic carbocycles. The van der Waals surface area contributed by atoms with E-state index in [1.165, 1.54) is 0 Å². The summed E-state index contributed by atoms with van der Waals surface area (Å²) in [7, 11) is 0. The van der Waals surface area contributed by atoms with Gasteiger partial charge in [0.25, 0.3) is 0 Å². The Bertz CT molecular complexity index is 774. The minimum absolute atomic E-state index is 0.0705. The molecule has 3 rings (SSSR count). The van der Waals surface area contributed by atoms with Gasteiger partial charge in [0.15, 0.2) is 0 Å². The molecule has 0 atom stereocenters. The van der Waals surface area contributed by atoms with Gasteiger partial charge in [-0.05, 0) is 11.5 Å². The van der Waals surface area contributed by atoms with Gasteiger partial charge in [0.05, 0.1) is 11.7 Å². The number of amides is 1. The van der Waals surface area contributed by atoms with Crippen molar-refractivity contribution in [2.75, 3.05) is 5.01 Å². The second-order valence-electron chi connectivity index (χ2n) is 6.77. The number of carbonyl (C=O) groups excluding carboxylic acids is 1. The topological polar surface area (TPSA) is 57.6 Å². The maximum absolute atomic E-state index is 12.1. The van der Waals surface area contributed by atoms with E-state index in [0.29, 0.717) is 0 Å². The van der Waals surface area contributed by atoms with Crippen molar-refractivity contribution >= 4 is 34.0 Å². The summed E-state index contributed by atoms with van der Waals surface area (Å²) in [6.45, 7) is 7.97. The number of para-hydroxylation sites is 1. The summed E-state index contributed by atoms with van der Waals surface area (Å²) in [5, 5.41) is 2.49. The molecule has 1 aliphatic heterocycles. The third-order valence-corrected chi connectivity index (χ3v) is 3.46. The van der Waals surface area contributed by atoms with Crippen LogP contribution < -0.4 is 10.4 Å². The Balaban J connectivity index is 2.18. The molecule has 1 N–H and O–H groups in total. The fraction of sp³-hybridized carbons (Fsp3) is 0.353. The predicted octanol–water partition coefficient (Wildman–Crippen LogP) is 3.57. The Morgan fingerprint density at radius 2 is 2.00 bits per heavy atom. The third kappa shape index (κ3) is 2.66. The lowest BCUT2D eigenvalue weighted by molar-refractivity contribution is -0.117. The SMILES string of the molecule is CC(=O)N1NC(CC(C)(C)C)=Nc2cnc3ccccc3c21. The van der Waals surface area contributed by atoms with E-state index in [2.05, 4.69) is 36.2 Å². The summed E-state index contributed by atoms with van der Waals surface area (Å²) in [6.07, 6.45) is 2.49. The number of hydrogen-bond donors (Lipinski definition) is 1. The number of amidine groups is 1. The van der Waals surface area contributed by atoms with E-state index in [9.17, 15) is 4.79 Å². The van der Waals surface area contributed by atoms with Gasteiger partial charge in [0.2, 0.25) is 5.91 Å². The molecular formula is C17H20N4O. The van der Waals surface area contributed by atoms with Crippen molar-refractivity contribution in [3.05, 3.63) is 30.5 Å². The number of hydrogen-bond acceptors (Lipinski definition) is 4. The van der Waals surface area contributed by atoms with Crippen LogP contribution in [-0.2, 0) is 4.79 Å². The molecule has 0 bridgehead atoms. The number of pyridine rings is 1. The average molecular weight is 296 g/mol. The van der Waals surface area contributed by atoms with E-state index in [0.717, 1.165) is 34.5 Å². The van der Waals surface area contributed by atoms with Crippen molar-refractivity contribution in [1.82, 2.24) is 10.4 Å². The van der Waals surface area contributed by atoms with Gasteiger partial charge in [-0.1, -0.05) is 39.0 Å². The molecule has 5 nitrogen and oxygen atoms in total. The minimum Gasteiger partial charge on any atom is -0.278 e. The first-order valence-electron chi connectivity index (χ1n) is 7.38. The number of rotatable bonds is 1. The lowest BCUT2D eigenvalue weighted by Crippen LogP contribution is -2.48. The molecule has 0 aliphatic carbocycles. The van der Waals surface area contributed by atoms with Crippen LogP contribution in [0.5, 0.6) is 0 Å². The highest BCUT2D eigenvalue weighted by atomic mass is 16.2. The smallest absolute Gasteiger partial charge is 0.242 e. The van der Waals surface area contributed by atoms with Crippen molar-refractivity contribution in [3.63, 3.8) is 0 Å². The molecule has 0 fully saturated rings. The number of aromatic nitrogens is 1. The van der Waals surface area contributed by atoms with Crippen molar-refractivity contribution in [2.24, 2.45) is 10.4 Å². The van der Waals surface area contributed by atoms with Crippen LogP contribution in [0.1, 0.15) is 34.1 Å². The molecule has 0 radical (unpaired) electrons. The fourth-order valence-corrected chi connectivity index (χ4v) is 2.61. The second kappa shape index (κ2) is 5.09. The average Bonchev–Trinajstić information content (AvgIpc) is 2.44. The molecule has 1 aromatic heterocycles. The van der Waals surface area contributed by atoms with E-state index in [-0.39, 0.29) is 11.3 Å². The van der Waals surface area contributed by atoms with Crippen LogP contribution in [-0.4, -0.2) is 16.7 Å². The first kappa shape index (κ1) is 14.5. The maximum atomic E-state index is 12.1. The normalized spacial score (nSPS) is 14.4. The van der Waals surface area contributed by atoms with Crippen LogP contribution in [0.2, 0.25) is 0 Å². The molecule has 0 spiro atoms. The molecule has 22 heavy (non-hydrogen) atoms. The maximum Gasteiger partial charge on any atom is 0.242 e. The first-order valence-corrected chi connectivity index (χ1v) is 7.38. The van der Waals surface area contributed by atoms with Crippen LogP contribution in [0.3, 0.4) is 0 Å². The molecular weight excluding hydrogens is 276 g/mol. The highest BCUT2D eigenvalue weighted by molar-refractivity contribution is 6.10. The summed E-state index contributed by atoms with van der Waals surface area (Å²) >= 11 is 0. The third-order valence-electron chi connectivity index (χ3n) is 3.46. The van der Waals surface area contributed by atoms with Gasteiger partial charge in [-0.15, -0.1) is 0 Å². The Labute approximate surface area is 130 Å². The van der Waals surface area contributed by atoms with Crippen LogP contribution in [0.15, 0.2) is 35.5 Å². The van der Waals surface area contributed by atoms with Crippen molar-refractivity contribution in [3.8, 4) is 0 Å².